The fourth-order valence-corrected chi connectivity index (χ4v) is 16.1. The molecular formula is C50H82N2O9. The molecule has 1 aliphatic heterocycles. The molecule has 9 rings (SSSR count). The van der Waals surface area contributed by atoms with E-state index >= 15 is 9.59 Å². The smallest absolute Gasteiger partial charge is 0.255 e. The Morgan fingerprint density at radius 3 is 2.23 bits per heavy atom. The van der Waals surface area contributed by atoms with E-state index in [4.69, 9.17) is 14.2 Å². The van der Waals surface area contributed by atoms with Gasteiger partial charge >= 0.3 is 0 Å². The number of amides is 2. The highest BCUT2D eigenvalue weighted by atomic mass is 16.6. The summed E-state index contributed by atoms with van der Waals surface area (Å²) in [5.41, 5.74) is 1.46. The van der Waals surface area contributed by atoms with Gasteiger partial charge in [-0.05, 0) is 154 Å². The van der Waals surface area contributed by atoms with Crippen molar-refractivity contribution in [1.29, 1.82) is 0 Å². The van der Waals surface area contributed by atoms with Crippen molar-refractivity contribution in [3.05, 3.63) is 11.6 Å². The molecule has 346 valence electrons. The number of methoxy groups -OCH3 is 1. The second-order valence-electron chi connectivity index (χ2n) is 22.9. The first-order chi connectivity index (χ1) is 29.1. The third kappa shape index (κ3) is 8.79. The van der Waals surface area contributed by atoms with E-state index in [1.807, 2.05) is 0 Å². The lowest BCUT2D eigenvalue weighted by Crippen LogP contribution is -2.67. The highest BCUT2D eigenvalue weighted by Gasteiger charge is 2.60. The lowest BCUT2D eigenvalue weighted by atomic mass is 9.46. The lowest BCUT2D eigenvalue weighted by Gasteiger charge is -2.59. The Bertz CT molecular complexity index is 1550. The van der Waals surface area contributed by atoms with Crippen molar-refractivity contribution < 1.29 is 44.2 Å². The topological polar surface area (TPSA) is 158 Å². The number of nitrogens with zero attached hydrogens (tertiary/aromatic N) is 1. The van der Waals surface area contributed by atoms with E-state index in [9.17, 15) is 20.4 Å². The molecule has 4 bridgehead atoms. The molecule has 0 spiro atoms. The minimum atomic E-state index is -1.87. The molecule has 9 aliphatic rings. The number of rotatable bonds is 16. The predicted octanol–water partition coefficient (Wildman–Crippen LogP) is 6.53. The molecule has 8 aliphatic carbocycles. The van der Waals surface area contributed by atoms with Crippen molar-refractivity contribution >= 4 is 11.8 Å². The fourth-order valence-electron chi connectivity index (χ4n) is 16.1. The Kier molecular flexibility index (Phi) is 13.8. The number of fused-ring (bicyclic) bond motifs is 5. The van der Waals surface area contributed by atoms with Crippen LogP contribution in [0.15, 0.2) is 11.6 Å². The van der Waals surface area contributed by atoms with Crippen LogP contribution in [-0.4, -0.2) is 112 Å². The van der Waals surface area contributed by atoms with Gasteiger partial charge in [0, 0.05) is 31.7 Å². The Balaban J connectivity index is 1.06. The molecule has 0 radical (unpaired) electrons. The molecule has 7 saturated carbocycles. The van der Waals surface area contributed by atoms with Crippen LogP contribution in [0.1, 0.15) is 150 Å². The highest BCUT2D eigenvalue weighted by Crippen LogP contribution is 2.67. The number of carbonyl (C=O) groups is 2. The molecule has 8 fully saturated rings. The summed E-state index contributed by atoms with van der Waals surface area (Å²) in [6, 6.07) is -1.30. The summed E-state index contributed by atoms with van der Waals surface area (Å²) in [7, 11) is 1.62. The van der Waals surface area contributed by atoms with Crippen LogP contribution in [-0.2, 0) is 23.8 Å². The summed E-state index contributed by atoms with van der Waals surface area (Å²) >= 11 is 0. The van der Waals surface area contributed by atoms with Gasteiger partial charge in [0.2, 0.25) is 5.91 Å². The molecule has 0 aromatic carbocycles. The second kappa shape index (κ2) is 18.4. The number of ether oxygens (including phenoxy) is 3. The van der Waals surface area contributed by atoms with Crippen LogP contribution in [0.3, 0.4) is 0 Å². The average molecular weight is 855 g/mol. The van der Waals surface area contributed by atoms with Crippen LogP contribution in [0.5, 0.6) is 0 Å². The lowest BCUT2D eigenvalue weighted by molar-refractivity contribution is -0.279. The molecule has 61 heavy (non-hydrogen) atoms. The largest absolute Gasteiger partial charge is 0.387 e. The maximum atomic E-state index is 15.1. The summed E-state index contributed by atoms with van der Waals surface area (Å²) in [6.07, 6.45) is 12.9. The molecule has 5 N–H and O–H groups in total. The van der Waals surface area contributed by atoms with Gasteiger partial charge in [-0.15, -0.1) is 0 Å². The van der Waals surface area contributed by atoms with Crippen molar-refractivity contribution in [3.8, 4) is 0 Å². The van der Waals surface area contributed by atoms with Gasteiger partial charge in [-0.2, -0.15) is 0 Å². The van der Waals surface area contributed by atoms with Gasteiger partial charge in [0.1, 0.15) is 24.4 Å². The first-order valence-electron chi connectivity index (χ1n) is 24.9. The molecular weight excluding hydrogens is 773 g/mol. The van der Waals surface area contributed by atoms with Crippen molar-refractivity contribution in [3.63, 3.8) is 0 Å². The number of hydrogen-bond acceptors (Lipinski definition) is 9. The van der Waals surface area contributed by atoms with Crippen molar-refractivity contribution in [2.24, 2.45) is 64.1 Å². The van der Waals surface area contributed by atoms with Gasteiger partial charge in [0.05, 0.1) is 13.2 Å². The summed E-state index contributed by atoms with van der Waals surface area (Å²) in [5.74, 6) is 5.25. The minimum Gasteiger partial charge on any atom is -0.387 e. The summed E-state index contributed by atoms with van der Waals surface area (Å²) in [5, 5.41) is 46.7. The SMILES string of the molecule is COCCOCCC(C(=O)NC12CC3CC(CC(C3)C1)C2)N(C(=O)C1O[C@@H](O)C(O)[C@H](O)[C@@H]1O)C1CC[C@@]2(C)C(=CC[C@H]3[C@@H]4CC[C@H]([C@H](C)CCCC(C)C)[C@@]4(C)CC[C@@H]32)C1. The van der Waals surface area contributed by atoms with Gasteiger partial charge in [-0.25, -0.2) is 0 Å². The summed E-state index contributed by atoms with van der Waals surface area (Å²) in [6.45, 7) is 13.3. The molecule has 0 aromatic rings. The monoisotopic (exact) mass is 855 g/mol. The van der Waals surface area contributed by atoms with E-state index in [1.165, 1.54) is 69.8 Å². The van der Waals surface area contributed by atoms with Gasteiger partial charge in [0.25, 0.3) is 5.91 Å². The number of aliphatic hydroxyl groups excluding tert-OH is 4. The standard InChI is InChI=1S/C50H82N2O9/c1-29(2)8-7-9-30(3)37-12-13-38-36-11-10-34-25-35(14-17-48(34,4)39(36)15-18-49(37,38)5)52(46(57)44-42(54)41(53)43(55)47(58)61-44)40(16-19-60-21-20-59-6)45(56)51-50-26-31-22-32(27-50)24-33(23-31)28-50/h10,29-33,35-44,47,53-55,58H,7-9,11-28H2,1-6H3,(H,51,56)/t30-,31?,32?,33?,35?,36+,37-,38+,39+,40?,41-,42+,43?,44?,47-,48+,49-,50?/m1/s1. The average Bonchev–Trinajstić information content (AvgIpc) is 3.57. The number of hydrogen-bond donors (Lipinski definition) is 5. The minimum absolute atomic E-state index is 0.00595. The maximum Gasteiger partial charge on any atom is 0.255 e. The van der Waals surface area contributed by atoms with Crippen molar-refractivity contribution in [1.82, 2.24) is 10.2 Å². The quantitative estimate of drug-likeness (QED) is 0.0861. The molecule has 1 heterocycles. The van der Waals surface area contributed by atoms with Crippen LogP contribution in [0, 0.1) is 64.1 Å². The summed E-state index contributed by atoms with van der Waals surface area (Å²) in [4.78, 5) is 31.9. The predicted molar refractivity (Wildman–Crippen MR) is 233 cm³/mol. The molecule has 14 atom stereocenters. The van der Waals surface area contributed by atoms with E-state index in [1.54, 1.807) is 12.0 Å². The number of nitrogens with one attached hydrogen (secondary N) is 1. The highest BCUT2D eigenvalue weighted by molar-refractivity contribution is 5.90. The van der Waals surface area contributed by atoms with Crippen LogP contribution >= 0.6 is 0 Å². The van der Waals surface area contributed by atoms with Gasteiger partial charge < -0.3 is 44.9 Å². The number of aliphatic hydroxyl groups is 4. The maximum absolute atomic E-state index is 15.1. The van der Waals surface area contributed by atoms with E-state index in [-0.39, 0.29) is 35.9 Å². The van der Waals surface area contributed by atoms with E-state index in [2.05, 4.69) is 46.0 Å². The van der Waals surface area contributed by atoms with Gasteiger partial charge in [-0.3, -0.25) is 9.59 Å². The molecule has 1 saturated heterocycles. The summed E-state index contributed by atoms with van der Waals surface area (Å²) < 4.78 is 16.9. The molecule has 4 unspecified atom stereocenters. The number of carbonyl (C=O) groups excluding carboxylic acids is 2. The fraction of sp³-hybridized carbons (Fsp3) is 0.920. The second-order valence-corrected chi connectivity index (χ2v) is 22.9. The van der Waals surface area contributed by atoms with Crippen LogP contribution in [0.4, 0.5) is 0 Å². The van der Waals surface area contributed by atoms with Crippen molar-refractivity contribution in [2.75, 3.05) is 26.9 Å². The normalized spacial score (nSPS) is 44.8. The Hall–Kier alpha value is -1.60. The zero-order chi connectivity index (χ0) is 43.4. The molecule has 11 heteroatoms. The zero-order valence-corrected chi connectivity index (χ0v) is 38.4. The first kappa shape index (κ1) is 45.9. The van der Waals surface area contributed by atoms with E-state index in [0.717, 1.165) is 55.8 Å². The Labute approximate surface area is 366 Å². The van der Waals surface area contributed by atoms with Crippen LogP contribution < -0.4 is 5.32 Å². The molecule has 0 aromatic heterocycles. The Morgan fingerprint density at radius 1 is 0.852 bits per heavy atom. The first-order valence-corrected chi connectivity index (χ1v) is 24.9. The number of allylic oxidation sites excluding steroid dienone is 1. The molecule has 2 amide bonds. The van der Waals surface area contributed by atoms with E-state index in [0.29, 0.717) is 61.1 Å². The van der Waals surface area contributed by atoms with Crippen LogP contribution in [0.25, 0.3) is 0 Å². The third-order valence-electron chi connectivity index (χ3n) is 18.8. The van der Waals surface area contributed by atoms with Crippen LogP contribution in [0.2, 0.25) is 0 Å². The Morgan fingerprint density at radius 2 is 1.56 bits per heavy atom. The molecule has 11 nitrogen and oxygen atoms in total. The zero-order valence-electron chi connectivity index (χ0n) is 38.4. The van der Waals surface area contributed by atoms with Crippen molar-refractivity contribution in [2.45, 2.75) is 199 Å². The third-order valence-corrected chi connectivity index (χ3v) is 18.8. The van der Waals surface area contributed by atoms with Gasteiger partial charge in [-0.1, -0.05) is 65.5 Å². The van der Waals surface area contributed by atoms with E-state index < -0.39 is 42.7 Å². The van der Waals surface area contributed by atoms with Gasteiger partial charge in [0.15, 0.2) is 12.4 Å².